The van der Waals surface area contributed by atoms with Gasteiger partial charge in [-0.2, -0.15) is 18.3 Å². The van der Waals surface area contributed by atoms with Crippen molar-refractivity contribution in [3.05, 3.63) is 42.2 Å². The van der Waals surface area contributed by atoms with Crippen LogP contribution in [-0.4, -0.2) is 30.2 Å². The zero-order valence-electron chi connectivity index (χ0n) is 14.2. The van der Waals surface area contributed by atoms with E-state index in [1.54, 1.807) is 23.2 Å². The first-order valence-corrected chi connectivity index (χ1v) is 7.88. The van der Waals surface area contributed by atoms with E-state index in [2.05, 4.69) is 20.4 Å². The van der Waals surface area contributed by atoms with E-state index in [9.17, 15) is 18.0 Å². The van der Waals surface area contributed by atoms with Crippen LogP contribution in [-0.2, 0) is 31.1 Å². The first kappa shape index (κ1) is 17.9. The predicted molar refractivity (Wildman–Crippen MR) is 86.7 cm³/mol. The van der Waals surface area contributed by atoms with Crippen molar-refractivity contribution in [2.45, 2.75) is 26.2 Å². The number of hydrogen-bond donors (Lipinski definition) is 1. The minimum atomic E-state index is -4.42. The van der Waals surface area contributed by atoms with Crippen LogP contribution < -0.4 is 5.32 Å². The van der Waals surface area contributed by atoms with E-state index in [1.165, 1.54) is 18.7 Å². The fourth-order valence-electron chi connectivity index (χ4n) is 2.62. The Balaban J connectivity index is 1.70. The van der Waals surface area contributed by atoms with E-state index in [4.69, 9.17) is 0 Å². The van der Waals surface area contributed by atoms with Crippen LogP contribution in [0.15, 0.2) is 30.9 Å². The number of imidazole rings is 1. The summed E-state index contributed by atoms with van der Waals surface area (Å²) in [7, 11) is 1.70. The quantitative estimate of drug-likeness (QED) is 0.751. The molecule has 26 heavy (non-hydrogen) atoms. The van der Waals surface area contributed by atoms with Crippen LogP contribution in [0.25, 0.3) is 11.0 Å². The molecule has 1 amide bonds. The van der Waals surface area contributed by atoms with Crippen molar-refractivity contribution in [2.24, 2.45) is 13.0 Å². The lowest BCUT2D eigenvalue weighted by Gasteiger charge is -2.12. The first-order valence-electron chi connectivity index (χ1n) is 7.88. The zero-order chi connectivity index (χ0) is 18.9. The lowest BCUT2D eigenvalue weighted by atomic mass is 10.1. The van der Waals surface area contributed by atoms with Crippen molar-refractivity contribution in [2.75, 3.05) is 0 Å². The number of nitrogens with one attached hydrogen (secondary N) is 1. The maximum absolute atomic E-state index is 12.8. The molecule has 0 saturated heterocycles. The molecule has 7 nitrogen and oxygen atoms in total. The van der Waals surface area contributed by atoms with E-state index >= 15 is 0 Å². The number of fused-ring (bicyclic) bond motifs is 1. The normalized spacial score (nSPS) is 13.1. The summed E-state index contributed by atoms with van der Waals surface area (Å²) < 4.78 is 41.7. The van der Waals surface area contributed by atoms with Crippen LogP contribution in [0.1, 0.15) is 18.3 Å². The second-order valence-electron chi connectivity index (χ2n) is 6.02. The highest BCUT2D eigenvalue weighted by Gasteiger charge is 2.31. The van der Waals surface area contributed by atoms with Crippen LogP contribution in [0, 0.1) is 5.92 Å². The van der Waals surface area contributed by atoms with E-state index in [1.807, 2.05) is 0 Å². The summed E-state index contributed by atoms with van der Waals surface area (Å²) >= 11 is 0. The first-order chi connectivity index (χ1) is 12.3. The number of amides is 1. The van der Waals surface area contributed by atoms with Gasteiger partial charge >= 0.3 is 6.18 Å². The second kappa shape index (κ2) is 6.77. The van der Waals surface area contributed by atoms with Crippen LogP contribution >= 0.6 is 0 Å². The Labute approximate surface area is 146 Å². The molecule has 0 aliphatic rings. The molecule has 1 atom stereocenters. The molecule has 2 heterocycles. The topological polar surface area (TPSA) is 77.6 Å². The number of aromatic nitrogens is 5. The van der Waals surface area contributed by atoms with E-state index in [0.29, 0.717) is 17.9 Å². The smallest absolute Gasteiger partial charge is 0.349 e. The molecular formula is C16H17F3N6O. The Morgan fingerprint density at radius 2 is 2.12 bits per heavy atom. The van der Waals surface area contributed by atoms with Crippen molar-refractivity contribution in [3.63, 3.8) is 0 Å². The number of halogens is 3. The van der Waals surface area contributed by atoms with Gasteiger partial charge in [-0.25, -0.2) is 9.97 Å². The van der Waals surface area contributed by atoms with Crippen molar-refractivity contribution >= 4 is 16.9 Å². The summed E-state index contributed by atoms with van der Waals surface area (Å²) in [6.07, 6.45) is -1.51. The largest absolute Gasteiger partial charge is 0.416 e. The summed E-state index contributed by atoms with van der Waals surface area (Å²) in [5, 5.41) is 6.70. The molecule has 3 aromatic rings. The lowest BCUT2D eigenvalue weighted by Crippen LogP contribution is -2.32. The van der Waals surface area contributed by atoms with Crippen LogP contribution in [0.3, 0.4) is 0 Å². The number of benzene rings is 1. The van der Waals surface area contributed by atoms with Gasteiger partial charge in [-0.05, 0) is 18.2 Å². The van der Waals surface area contributed by atoms with Gasteiger partial charge < -0.3 is 9.88 Å². The SMILES string of the molecule is C[C@H](Cn1cncn1)C(=O)NCc1nc2cc(C(F)(F)F)ccc2n1C. The number of alkyl halides is 3. The number of hydrogen-bond acceptors (Lipinski definition) is 4. The van der Waals surface area contributed by atoms with E-state index < -0.39 is 11.7 Å². The highest BCUT2D eigenvalue weighted by Crippen LogP contribution is 2.31. The molecule has 3 rings (SSSR count). The second-order valence-corrected chi connectivity index (χ2v) is 6.02. The summed E-state index contributed by atoms with van der Waals surface area (Å²) in [5.74, 6) is -0.0765. The molecule has 0 aliphatic carbocycles. The van der Waals surface area contributed by atoms with Crippen molar-refractivity contribution in [3.8, 4) is 0 Å². The number of carbonyl (C=O) groups excluding carboxylic acids is 1. The minimum Gasteiger partial charge on any atom is -0.349 e. The molecule has 0 radical (unpaired) electrons. The lowest BCUT2D eigenvalue weighted by molar-refractivity contribution is -0.137. The molecule has 0 spiro atoms. The summed E-state index contributed by atoms with van der Waals surface area (Å²) in [6, 6.07) is 3.41. The van der Waals surface area contributed by atoms with Gasteiger partial charge in [-0.3, -0.25) is 9.48 Å². The summed E-state index contributed by atoms with van der Waals surface area (Å²) in [6.45, 7) is 2.25. The van der Waals surface area contributed by atoms with E-state index in [0.717, 1.165) is 12.1 Å². The maximum atomic E-state index is 12.8. The Hall–Kier alpha value is -2.91. The van der Waals surface area contributed by atoms with Gasteiger partial charge in [0, 0.05) is 7.05 Å². The average molecular weight is 366 g/mol. The minimum absolute atomic E-state index is 0.118. The number of nitrogens with zero attached hydrogens (tertiary/aromatic N) is 5. The van der Waals surface area contributed by atoms with Gasteiger partial charge in [0.1, 0.15) is 18.5 Å². The van der Waals surface area contributed by atoms with Crippen LogP contribution in [0.2, 0.25) is 0 Å². The summed E-state index contributed by atoms with van der Waals surface area (Å²) in [5.41, 5.74) is 0.0558. The summed E-state index contributed by atoms with van der Waals surface area (Å²) in [4.78, 5) is 20.2. The molecule has 2 aromatic heterocycles. The Morgan fingerprint density at radius 3 is 2.77 bits per heavy atom. The Morgan fingerprint density at radius 1 is 1.35 bits per heavy atom. The number of aryl methyl sites for hydroxylation is 1. The fraction of sp³-hybridized carbons (Fsp3) is 0.375. The Bertz CT molecular complexity index is 916. The standard InChI is InChI=1S/C16H17F3N6O/c1-10(7-25-9-20-8-22-25)15(26)21-6-14-23-12-5-11(16(17,18)19)3-4-13(12)24(14)2/h3-5,8-10H,6-7H2,1-2H3,(H,21,26)/t10-/m1/s1. The maximum Gasteiger partial charge on any atom is 0.416 e. The van der Waals surface area contributed by atoms with Gasteiger partial charge in [-0.1, -0.05) is 6.92 Å². The molecule has 0 unspecified atom stereocenters. The Kier molecular flexibility index (Phi) is 4.66. The van der Waals surface area contributed by atoms with Gasteiger partial charge in [0.25, 0.3) is 0 Å². The molecule has 0 aliphatic heterocycles. The van der Waals surface area contributed by atoms with E-state index in [-0.39, 0.29) is 23.9 Å². The molecule has 1 aromatic carbocycles. The third kappa shape index (κ3) is 3.68. The zero-order valence-corrected chi connectivity index (χ0v) is 14.2. The van der Waals surface area contributed by atoms with Crippen molar-refractivity contribution in [1.82, 2.24) is 29.6 Å². The third-order valence-electron chi connectivity index (χ3n) is 4.10. The molecule has 10 heteroatoms. The van der Waals surface area contributed by atoms with Gasteiger partial charge in [0.2, 0.25) is 5.91 Å². The monoisotopic (exact) mass is 366 g/mol. The third-order valence-corrected chi connectivity index (χ3v) is 4.10. The molecule has 1 N–H and O–H groups in total. The fourth-order valence-corrected chi connectivity index (χ4v) is 2.62. The van der Waals surface area contributed by atoms with Crippen LogP contribution in [0.4, 0.5) is 13.2 Å². The number of rotatable bonds is 5. The van der Waals surface area contributed by atoms with Gasteiger partial charge in [-0.15, -0.1) is 0 Å². The predicted octanol–water partition coefficient (Wildman–Crippen LogP) is 2.14. The molecule has 0 bridgehead atoms. The molecule has 138 valence electrons. The van der Waals surface area contributed by atoms with Gasteiger partial charge in [0.05, 0.1) is 35.6 Å². The molecule has 0 fully saturated rings. The number of carbonyl (C=O) groups is 1. The van der Waals surface area contributed by atoms with Crippen LogP contribution in [0.5, 0.6) is 0 Å². The highest BCUT2D eigenvalue weighted by atomic mass is 19.4. The van der Waals surface area contributed by atoms with Gasteiger partial charge in [0.15, 0.2) is 0 Å². The molecular weight excluding hydrogens is 349 g/mol. The molecule has 0 saturated carbocycles. The van der Waals surface area contributed by atoms with Crippen molar-refractivity contribution < 1.29 is 18.0 Å². The highest BCUT2D eigenvalue weighted by molar-refractivity contribution is 5.79. The van der Waals surface area contributed by atoms with Crippen molar-refractivity contribution in [1.29, 1.82) is 0 Å². The average Bonchev–Trinajstić information content (AvgIpc) is 3.19.